The summed E-state index contributed by atoms with van der Waals surface area (Å²) in [5.74, 6) is 0.768. The predicted molar refractivity (Wildman–Crippen MR) is 66.3 cm³/mol. The first-order chi connectivity index (χ1) is 8.34. The minimum atomic E-state index is -0.322. The molecule has 3 nitrogen and oxygen atoms in total. The zero-order chi connectivity index (χ0) is 11.9. The lowest BCUT2D eigenvalue weighted by atomic mass is 9.83. The SMILES string of the molecule is O=C(NCCC1C[CH]C1)OCc1ccccc1. The smallest absolute Gasteiger partial charge is 0.407 e. The molecule has 1 aliphatic rings. The topological polar surface area (TPSA) is 38.3 Å². The standard InChI is InChI=1S/C14H18NO2/c16-14(15-10-9-12-7-4-8-12)17-11-13-5-2-1-3-6-13/h1-6,12H,7-11H2,(H,15,16). The van der Waals surface area contributed by atoms with Crippen molar-refractivity contribution in [2.45, 2.75) is 25.9 Å². The van der Waals surface area contributed by atoms with E-state index in [0.717, 1.165) is 17.9 Å². The number of nitrogens with one attached hydrogen (secondary N) is 1. The van der Waals surface area contributed by atoms with Gasteiger partial charge in [-0.25, -0.2) is 4.79 Å². The van der Waals surface area contributed by atoms with Crippen molar-refractivity contribution < 1.29 is 9.53 Å². The number of alkyl carbamates (subject to hydrolysis) is 1. The highest BCUT2D eigenvalue weighted by molar-refractivity contribution is 5.67. The lowest BCUT2D eigenvalue weighted by Gasteiger charge is -2.24. The van der Waals surface area contributed by atoms with Gasteiger partial charge in [-0.2, -0.15) is 0 Å². The highest BCUT2D eigenvalue weighted by Gasteiger charge is 2.17. The molecular formula is C14H18NO2. The molecule has 17 heavy (non-hydrogen) atoms. The van der Waals surface area contributed by atoms with Gasteiger partial charge in [0.25, 0.3) is 0 Å². The molecule has 0 unspecified atom stereocenters. The normalized spacial score (nSPS) is 15.1. The Hall–Kier alpha value is -1.51. The van der Waals surface area contributed by atoms with E-state index in [2.05, 4.69) is 11.7 Å². The molecule has 1 amide bonds. The van der Waals surface area contributed by atoms with E-state index in [0.29, 0.717) is 13.2 Å². The number of carbonyl (C=O) groups is 1. The van der Waals surface area contributed by atoms with Gasteiger partial charge < -0.3 is 10.1 Å². The summed E-state index contributed by atoms with van der Waals surface area (Å²) < 4.78 is 5.10. The van der Waals surface area contributed by atoms with Crippen LogP contribution in [-0.4, -0.2) is 12.6 Å². The quantitative estimate of drug-likeness (QED) is 0.847. The molecule has 3 heteroatoms. The summed E-state index contributed by atoms with van der Waals surface area (Å²) in [6, 6.07) is 9.70. The number of rotatable bonds is 5. The Morgan fingerprint density at radius 3 is 2.71 bits per heavy atom. The maximum atomic E-state index is 11.4. The summed E-state index contributed by atoms with van der Waals surface area (Å²) >= 11 is 0. The fourth-order valence-corrected chi connectivity index (χ4v) is 1.79. The zero-order valence-corrected chi connectivity index (χ0v) is 9.89. The Morgan fingerprint density at radius 2 is 2.06 bits per heavy atom. The third-order valence-electron chi connectivity index (χ3n) is 3.03. The molecule has 0 aromatic heterocycles. The molecule has 0 atom stereocenters. The molecule has 1 aliphatic carbocycles. The second-order valence-electron chi connectivity index (χ2n) is 4.40. The largest absolute Gasteiger partial charge is 0.445 e. The van der Waals surface area contributed by atoms with Crippen LogP contribution in [0.2, 0.25) is 0 Å². The summed E-state index contributed by atoms with van der Waals surface area (Å²) in [6.07, 6.45) is 5.40. The lowest BCUT2D eigenvalue weighted by molar-refractivity contribution is 0.138. The first-order valence-corrected chi connectivity index (χ1v) is 6.11. The van der Waals surface area contributed by atoms with Crippen molar-refractivity contribution in [2.75, 3.05) is 6.54 Å². The van der Waals surface area contributed by atoms with Crippen LogP contribution in [0.25, 0.3) is 0 Å². The van der Waals surface area contributed by atoms with E-state index in [1.807, 2.05) is 30.3 Å². The van der Waals surface area contributed by atoms with Crippen LogP contribution in [0.1, 0.15) is 24.8 Å². The predicted octanol–water partition coefficient (Wildman–Crippen LogP) is 2.92. The molecule has 0 bridgehead atoms. The van der Waals surface area contributed by atoms with Crippen LogP contribution in [0.5, 0.6) is 0 Å². The van der Waals surface area contributed by atoms with Gasteiger partial charge in [-0.1, -0.05) is 30.3 Å². The molecule has 1 aromatic rings. The van der Waals surface area contributed by atoms with Gasteiger partial charge in [0, 0.05) is 6.54 Å². The van der Waals surface area contributed by atoms with Gasteiger partial charge in [0.05, 0.1) is 0 Å². The number of hydrogen-bond acceptors (Lipinski definition) is 2. The lowest BCUT2D eigenvalue weighted by Crippen LogP contribution is -2.28. The van der Waals surface area contributed by atoms with Crippen molar-refractivity contribution in [3.05, 3.63) is 42.3 Å². The fraction of sp³-hybridized carbons (Fsp3) is 0.429. The summed E-state index contributed by atoms with van der Waals surface area (Å²) in [5, 5.41) is 2.78. The highest BCUT2D eigenvalue weighted by Crippen LogP contribution is 2.27. The molecular weight excluding hydrogens is 214 g/mol. The molecule has 1 N–H and O–H groups in total. The van der Waals surface area contributed by atoms with Crippen molar-refractivity contribution in [2.24, 2.45) is 5.92 Å². The van der Waals surface area contributed by atoms with Gasteiger partial charge in [-0.15, -0.1) is 0 Å². The summed E-state index contributed by atoms with van der Waals surface area (Å²) in [4.78, 5) is 11.4. The van der Waals surface area contributed by atoms with E-state index in [1.165, 1.54) is 12.8 Å². The second kappa shape index (κ2) is 6.28. The van der Waals surface area contributed by atoms with Crippen LogP contribution in [0.3, 0.4) is 0 Å². The summed E-state index contributed by atoms with van der Waals surface area (Å²) in [7, 11) is 0. The van der Waals surface area contributed by atoms with E-state index in [4.69, 9.17) is 4.74 Å². The average Bonchev–Trinajstić information content (AvgIpc) is 2.31. The van der Waals surface area contributed by atoms with Crippen molar-refractivity contribution in [3.8, 4) is 0 Å². The van der Waals surface area contributed by atoms with Crippen LogP contribution in [0.15, 0.2) is 30.3 Å². The van der Waals surface area contributed by atoms with Crippen LogP contribution in [-0.2, 0) is 11.3 Å². The second-order valence-corrected chi connectivity index (χ2v) is 4.40. The van der Waals surface area contributed by atoms with Gasteiger partial charge in [0.15, 0.2) is 0 Å². The average molecular weight is 232 g/mol. The molecule has 0 saturated heterocycles. The van der Waals surface area contributed by atoms with Gasteiger partial charge in [0.2, 0.25) is 0 Å². The molecule has 1 saturated carbocycles. The van der Waals surface area contributed by atoms with Gasteiger partial charge in [-0.05, 0) is 37.2 Å². The van der Waals surface area contributed by atoms with E-state index >= 15 is 0 Å². The molecule has 1 fully saturated rings. The first kappa shape index (κ1) is 12.0. The molecule has 0 heterocycles. The number of ether oxygens (including phenoxy) is 1. The number of benzene rings is 1. The fourth-order valence-electron chi connectivity index (χ4n) is 1.79. The highest BCUT2D eigenvalue weighted by atomic mass is 16.5. The molecule has 1 radical (unpaired) electrons. The minimum Gasteiger partial charge on any atom is -0.445 e. The Morgan fingerprint density at radius 1 is 1.29 bits per heavy atom. The molecule has 0 aliphatic heterocycles. The molecule has 1 aromatic carbocycles. The summed E-state index contributed by atoms with van der Waals surface area (Å²) in [6.45, 7) is 1.05. The molecule has 91 valence electrons. The first-order valence-electron chi connectivity index (χ1n) is 6.11. The Kier molecular flexibility index (Phi) is 4.42. The van der Waals surface area contributed by atoms with Crippen LogP contribution in [0, 0.1) is 12.3 Å². The zero-order valence-electron chi connectivity index (χ0n) is 9.89. The monoisotopic (exact) mass is 232 g/mol. The summed E-state index contributed by atoms with van der Waals surface area (Å²) in [5.41, 5.74) is 1.01. The van der Waals surface area contributed by atoms with E-state index in [1.54, 1.807) is 0 Å². The maximum absolute atomic E-state index is 11.4. The molecule has 0 spiro atoms. The van der Waals surface area contributed by atoms with Crippen molar-refractivity contribution >= 4 is 6.09 Å². The third kappa shape index (κ3) is 4.10. The van der Waals surface area contributed by atoms with Gasteiger partial charge in [-0.3, -0.25) is 0 Å². The van der Waals surface area contributed by atoms with Crippen molar-refractivity contribution in [1.82, 2.24) is 5.32 Å². The Labute approximate surface area is 102 Å². The number of carbonyl (C=O) groups excluding carboxylic acids is 1. The Bertz CT molecular complexity index is 346. The van der Waals surface area contributed by atoms with Crippen molar-refractivity contribution in [3.63, 3.8) is 0 Å². The van der Waals surface area contributed by atoms with Crippen LogP contribution >= 0.6 is 0 Å². The van der Waals surface area contributed by atoms with Crippen LogP contribution < -0.4 is 5.32 Å². The third-order valence-corrected chi connectivity index (χ3v) is 3.03. The van der Waals surface area contributed by atoms with Crippen LogP contribution in [0.4, 0.5) is 4.79 Å². The Balaban J connectivity index is 1.57. The van der Waals surface area contributed by atoms with E-state index in [9.17, 15) is 4.79 Å². The minimum absolute atomic E-state index is 0.322. The number of hydrogen-bond donors (Lipinski definition) is 1. The maximum Gasteiger partial charge on any atom is 0.407 e. The van der Waals surface area contributed by atoms with Gasteiger partial charge >= 0.3 is 6.09 Å². The van der Waals surface area contributed by atoms with Gasteiger partial charge in [0.1, 0.15) is 6.61 Å². The number of amides is 1. The van der Waals surface area contributed by atoms with Crippen molar-refractivity contribution in [1.29, 1.82) is 0 Å². The van der Waals surface area contributed by atoms with E-state index < -0.39 is 0 Å². The molecule has 2 rings (SSSR count). The van der Waals surface area contributed by atoms with E-state index in [-0.39, 0.29) is 6.09 Å².